The van der Waals surface area contributed by atoms with Crippen LogP contribution in [0.5, 0.6) is 28.7 Å². The van der Waals surface area contributed by atoms with E-state index in [9.17, 15) is 25.0 Å². The Morgan fingerprint density at radius 1 is 0.909 bits per heavy atom. The number of hydrazone groups is 1. The molecule has 0 aliphatic rings. The number of benzene rings is 4. The lowest BCUT2D eigenvalue weighted by molar-refractivity contribution is -0.394. The maximum Gasteiger partial charge on any atom is 0.318 e. The van der Waals surface area contributed by atoms with Crippen LogP contribution in [0.3, 0.4) is 0 Å². The van der Waals surface area contributed by atoms with Gasteiger partial charge in [0.1, 0.15) is 6.61 Å². The van der Waals surface area contributed by atoms with Crippen LogP contribution in [0.4, 0.5) is 11.4 Å². The zero-order chi connectivity index (χ0) is 31.6. The molecule has 0 aliphatic carbocycles. The number of non-ortho nitro benzene ring substituents is 1. The fourth-order valence-electron chi connectivity index (χ4n) is 3.88. The number of nitrogens with zero attached hydrogens (tertiary/aromatic N) is 3. The highest BCUT2D eigenvalue weighted by molar-refractivity contribution is 6.32. The lowest BCUT2D eigenvalue weighted by atomic mass is 10.2. The SMILES string of the molecule is CCOc1cc(/C=N/NC(=O)c2ccc(OCc3ccccc3)c(OC)c2)cc(Cl)c1Oc1ccc([N+](=O)[O-])cc1[N+](=O)[O-]. The van der Waals surface area contributed by atoms with Crippen molar-refractivity contribution in [1.29, 1.82) is 0 Å². The average Bonchev–Trinajstić information content (AvgIpc) is 3.02. The van der Waals surface area contributed by atoms with Gasteiger partial charge in [0, 0.05) is 11.6 Å². The Hall–Kier alpha value is -5.69. The molecule has 1 N–H and O–H groups in total. The predicted octanol–water partition coefficient (Wildman–Crippen LogP) is 6.70. The summed E-state index contributed by atoms with van der Waals surface area (Å²) >= 11 is 6.43. The Bertz CT molecular complexity index is 1710. The Morgan fingerprint density at radius 2 is 1.66 bits per heavy atom. The molecule has 0 fully saturated rings. The number of ether oxygens (including phenoxy) is 4. The van der Waals surface area contributed by atoms with Crippen molar-refractivity contribution in [1.82, 2.24) is 5.43 Å². The Morgan fingerprint density at radius 3 is 2.34 bits per heavy atom. The van der Waals surface area contributed by atoms with Crippen LogP contribution in [-0.2, 0) is 6.61 Å². The van der Waals surface area contributed by atoms with Crippen molar-refractivity contribution in [3.05, 3.63) is 121 Å². The lowest BCUT2D eigenvalue weighted by Gasteiger charge is -2.14. The number of amides is 1. The highest BCUT2D eigenvalue weighted by atomic mass is 35.5. The molecule has 14 heteroatoms. The third kappa shape index (κ3) is 7.77. The van der Waals surface area contributed by atoms with Gasteiger partial charge in [0.25, 0.3) is 11.6 Å². The van der Waals surface area contributed by atoms with Crippen LogP contribution < -0.4 is 24.4 Å². The van der Waals surface area contributed by atoms with Crippen molar-refractivity contribution < 1.29 is 33.6 Å². The van der Waals surface area contributed by atoms with E-state index in [-0.39, 0.29) is 34.4 Å². The zero-order valence-corrected chi connectivity index (χ0v) is 24.1. The van der Waals surface area contributed by atoms with Gasteiger partial charge in [0.05, 0.1) is 40.9 Å². The van der Waals surface area contributed by atoms with Gasteiger partial charge in [-0.25, -0.2) is 5.43 Å². The van der Waals surface area contributed by atoms with Gasteiger partial charge in [-0.05, 0) is 54.4 Å². The molecule has 1 amide bonds. The van der Waals surface area contributed by atoms with Crippen molar-refractivity contribution in [2.24, 2.45) is 5.10 Å². The molecule has 226 valence electrons. The third-order valence-electron chi connectivity index (χ3n) is 5.94. The molecule has 4 aromatic carbocycles. The number of carbonyl (C=O) groups excluding carboxylic acids is 1. The first kappa shape index (κ1) is 31.3. The summed E-state index contributed by atoms with van der Waals surface area (Å²) in [5.41, 5.74) is 2.98. The molecule has 0 bridgehead atoms. The molecule has 13 nitrogen and oxygen atoms in total. The van der Waals surface area contributed by atoms with Crippen molar-refractivity contribution in [2.45, 2.75) is 13.5 Å². The summed E-state index contributed by atoms with van der Waals surface area (Å²) in [6.07, 6.45) is 1.32. The van der Waals surface area contributed by atoms with Gasteiger partial charge < -0.3 is 18.9 Å². The molecule has 44 heavy (non-hydrogen) atoms. The topological polar surface area (TPSA) is 165 Å². The van der Waals surface area contributed by atoms with Gasteiger partial charge in [-0.1, -0.05) is 41.9 Å². The molecule has 0 unspecified atom stereocenters. The number of nitro benzene ring substituents is 2. The van der Waals surface area contributed by atoms with E-state index in [1.165, 1.54) is 31.5 Å². The maximum absolute atomic E-state index is 12.8. The summed E-state index contributed by atoms with van der Waals surface area (Å²) in [4.78, 5) is 33.8. The highest BCUT2D eigenvalue weighted by Gasteiger charge is 2.24. The highest BCUT2D eigenvalue weighted by Crippen LogP contribution is 2.42. The van der Waals surface area contributed by atoms with Crippen molar-refractivity contribution in [3.63, 3.8) is 0 Å². The van der Waals surface area contributed by atoms with E-state index in [2.05, 4.69) is 10.5 Å². The molecule has 4 rings (SSSR count). The molecule has 0 heterocycles. The fourth-order valence-corrected chi connectivity index (χ4v) is 4.13. The van der Waals surface area contributed by atoms with E-state index < -0.39 is 27.1 Å². The summed E-state index contributed by atoms with van der Waals surface area (Å²) in [5, 5.41) is 26.6. The lowest BCUT2D eigenvalue weighted by Crippen LogP contribution is -2.17. The number of methoxy groups -OCH3 is 1. The standard InChI is InChI=1S/C30H25ClN4O9/c1-3-42-28-14-20(13-23(31)29(28)44-25-12-10-22(34(37)38)16-24(25)35(39)40)17-32-33-30(36)21-9-11-26(27(15-21)41-2)43-18-19-7-5-4-6-8-19/h4-17H,3,18H2,1-2H3,(H,33,36)/b32-17+. The first-order chi connectivity index (χ1) is 21.2. The monoisotopic (exact) mass is 620 g/mol. The second-order valence-electron chi connectivity index (χ2n) is 8.87. The molecule has 4 aromatic rings. The molecule has 0 aliphatic heterocycles. The first-order valence-corrected chi connectivity index (χ1v) is 13.3. The maximum atomic E-state index is 12.8. The summed E-state index contributed by atoms with van der Waals surface area (Å²) in [5.74, 6) is 0.120. The van der Waals surface area contributed by atoms with Crippen molar-refractivity contribution in [3.8, 4) is 28.7 Å². The number of rotatable bonds is 13. The number of hydrogen-bond acceptors (Lipinski definition) is 10. The largest absolute Gasteiger partial charge is 0.493 e. The van der Waals surface area contributed by atoms with Crippen LogP contribution in [0.1, 0.15) is 28.4 Å². The smallest absolute Gasteiger partial charge is 0.318 e. The van der Waals surface area contributed by atoms with Crippen LogP contribution in [0, 0.1) is 20.2 Å². The predicted molar refractivity (Wildman–Crippen MR) is 161 cm³/mol. The van der Waals surface area contributed by atoms with Crippen LogP contribution in [-0.4, -0.2) is 35.7 Å². The minimum Gasteiger partial charge on any atom is -0.493 e. The minimum atomic E-state index is -0.804. The molecule has 0 radical (unpaired) electrons. The van der Waals surface area contributed by atoms with E-state index in [4.69, 9.17) is 30.5 Å². The Balaban J connectivity index is 1.48. The van der Waals surface area contributed by atoms with Gasteiger partial charge in [-0.2, -0.15) is 5.10 Å². The number of carbonyl (C=O) groups is 1. The van der Waals surface area contributed by atoms with Crippen LogP contribution in [0.25, 0.3) is 0 Å². The number of hydrogen-bond donors (Lipinski definition) is 1. The second-order valence-corrected chi connectivity index (χ2v) is 9.28. The second kappa shape index (κ2) is 14.5. The molecule has 0 saturated heterocycles. The number of nitrogens with one attached hydrogen (secondary N) is 1. The van der Waals surface area contributed by atoms with Crippen LogP contribution in [0.15, 0.2) is 84.0 Å². The quantitative estimate of drug-likeness (QED) is 0.0972. The molecular weight excluding hydrogens is 596 g/mol. The zero-order valence-electron chi connectivity index (χ0n) is 23.4. The Kier molecular flexibility index (Phi) is 10.3. The third-order valence-corrected chi connectivity index (χ3v) is 6.22. The van der Waals surface area contributed by atoms with Crippen molar-refractivity contribution >= 4 is 35.1 Å². The summed E-state index contributed by atoms with van der Waals surface area (Å²) in [6.45, 7) is 2.23. The molecule has 0 saturated carbocycles. The van der Waals surface area contributed by atoms with E-state index in [1.54, 1.807) is 19.1 Å². The van der Waals surface area contributed by atoms with E-state index in [0.717, 1.165) is 23.8 Å². The minimum absolute atomic E-state index is 0.00667. The molecule has 0 atom stereocenters. The summed E-state index contributed by atoms with van der Waals surface area (Å²) in [6, 6.07) is 20.2. The van der Waals surface area contributed by atoms with Crippen LogP contribution >= 0.6 is 11.6 Å². The average molecular weight is 621 g/mol. The van der Waals surface area contributed by atoms with Crippen molar-refractivity contribution in [2.75, 3.05) is 13.7 Å². The number of nitro groups is 2. The van der Waals surface area contributed by atoms with E-state index >= 15 is 0 Å². The summed E-state index contributed by atoms with van der Waals surface area (Å²) in [7, 11) is 1.47. The van der Waals surface area contributed by atoms with E-state index in [1.807, 2.05) is 30.3 Å². The number of halogens is 1. The van der Waals surface area contributed by atoms with Crippen LogP contribution in [0.2, 0.25) is 5.02 Å². The van der Waals surface area contributed by atoms with Gasteiger partial charge in [-0.3, -0.25) is 25.0 Å². The van der Waals surface area contributed by atoms with Gasteiger partial charge >= 0.3 is 5.69 Å². The first-order valence-electron chi connectivity index (χ1n) is 12.9. The van der Waals surface area contributed by atoms with Gasteiger partial charge in [0.15, 0.2) is 23.0 Å². The fraction of sp³-hybridized carbons (Fsp3) is 0.133. The Labute approximate surface area is 255 Å². The van der Waals surface area contributed by atoms with E-state index in [0.29, 0.717) is 23.7 Å². The molecular formula is C30H25ClN4O9. The normalized spacial score (nSPS) is 10.7. The van der Waals surface area contributed by atoms with Gasteiger partial charge in [-0.15, -0.1) is 0 Å². The van der Waals surface area contributed by atoms with Gasteiger partial charge in [0.2, 0.25) is 5.75 Å². The summed E-state index contributed by atoms with van der Waals surface area (Å²) < 4.78 is 22.5. The molecule has 0 aromatic heterocycles. The molecule has 0 spiro atoms.